The van der Waals surface area contributed by atoms with Crippen molar-refractivity contribution in [1.82, 2.24) is 15.2 Å². The fourth-order valence-corrected chi connectivity index (χ4v) is 2.77. The van der Waals surface area contributed by atoms with Crippen molar-refractivity contribution in [3.63, 3.8) is 0 Å². The first-order chi connectivity index (χ1) is 12.1. The molecule has 1 N–H and O–H groups in total. The Morgan fingerprint density at radius 1 is 1.32 bits per heavy atom. The Labute approximate surface area is 147 Å². The van der Waals surface area contributed by atoms with Crippen molar-refractivity contribution in [2.75, 3.05) is 20.2 Å². The summed E-state index contributed by atoms with van der Waals surface area (Å²) in [6, 6.07) is 11.0. The predicted molar refractivity (Wildman–Crippen MR) is 94.9 cm³/mol. The number of hydrogen-bond acceptors (Lipinski definition) is 4. The van der Waals surface area contributed by atoms with E-state index in [4.69, 9.17) is 9.47 Å². The Hall–Kier alpha value is -2.76. The summed E-state index contributed by atoms with van der Waals surface area (Å²) in [7, 11) is 1.61. The fourth-order valence-electron chi connectivity index (χ4n) is 2.77. The van der Waals surface area contributed by atoms with Gasteiger partial charge in [0.15, 0.2) is 0 Å². The maximum Gasteiger partial charge on any atom is 0.317 e. The molecule has 6 heteroatoms. The third-order valence-corrected chi connectivity index (χ3v) is 4.22. The molecule has 132 valence electrons. The van der Waals surface area contributed by atoms with Crippen molar-refractivity contribution in [1.29, 1.82) is 0 Å². The highest BCUT2D eigenvalue weighted by molar-refractivity contribution is 5.74. The molecule has 0 unspecified atom stereocenters. The lowest BCUT2D eigenvalue weighted by Gasteiger charge is -2.16. The van der Waals surface area contributed by atoms with Gasteiger partial charge in [0.1, 0.15) is 11.5 Å². The number of pyridine rings is 1. The van der Waals surface area contributed by atoms with E-state index < -0.39 is 0 Å². The van der Waals surface area contributed by atoms with Crippen molar-refractivity contribution in [3.05, 3.63) is 48.2 Å². The second-order valence-corrected chi connectivity index (χ2v) is 6.28. The van der Waals surface area contributed by atoms with E-state index in [1.54, 1.807) is 25.4 Å². The SMILES string of the molecule is COc1cccc(Oc2ccc(CNC(=O)N3CC[C@H](C)C3)cn2)c1. The summed E-state index contributed by atoms with van der Waals surface area (Å²) in [6.45, 7) is 4.28. The van der Waals surface area contributed by atoms with Gasteiger partial charge in [-0.3, -0.25) is 0 Å². The van der Waals surface area contributed by atoms with Crippen LogP contribution < -0.4 is 14.8 Å². The second-order valence-electron chi connectivity index (χ2n) is 6.28. The number of benzene rings is 1. The molecule has 1 aliphatic rings. The number of rotatable bonds is 5. The summed E-state index contributed by atoms with van der Waals surface area (Å²) in [5.74, 6) is 2.47. The van der Waals surface area contributed by atoms with Crippen molar-refractivity contribution in [3.8, 4) is 17.4 Å². The molecular weight excluding hydrogens is 318 g/mol. The smallest absolute Gasteiger partial charge is 0.317 e. The van der Waals surface area contributed by atoms with Crippen molar-refractivity contribution < 1.29 is 14.3 Å². The molecule has 2 heterocycles. The zero-order valence-electron chi connectivity index (χ0n) is 14.6. The number of nitrogens with zero attached hydrogens (tertiary/aromatic N) is 2. The highest BCUT2D eigenvalue weighted by Crippen LogP contribution is 2.23. The van der Waals surface area contributed by atoms with Gasteiger partial charge in [0.2, 0.25) is 5.88 Å². The Morgan fingerprint density at radius 3 is 2.84 bits per heavy atom. The Bertz CT molecular complexity index is 718. The lowest BCUT2D eigenvalue weighted by Crippen LogP contribution is -2.37. The van der Waals surface area contributed by atoms with Crippen LogP contribution in [-0.4, -0.2) is 36.1 Å². The van der Waals surface area contributed by atoms with Crippen LogP contribution in [0.15, 0.2) is 42.6 Å². The van der Waals surface area contributed by atoms with Gasteiger partial charge in [-0.25, -0.2) is 9.78 Å². The van der Waals surface area contributed by atoms with Crippen molar-refractivity contribution in [2.24, 2.45) is 5.92 Å². The lowest BCUT2D eigenvalue weighted by atomic mass is 10.2. The van der Waals surface area contributed by atoms with Crippen LogP contribution in [0.1, 0.15) is 18.9 Å². The minimum atomic E-state index is -0.0129. The van der Waals surface area contributed by atoms with Gasteiger partial charge in [0, 0.05) is 38.0 Å². The molecule has 3 rings (SSSR count). The molecular formula is C19H23N3O3. The van der Waals surface area contributed by atoms with Gasteiger partial charge in [0.25, 0.3) is 0 Å². The molecule has 1 saturated heterocycles. The monoisotopic (exact) mass is 341 g/mol. The van der Waals surface area contributed by atoms with E-state index in [0.29, 0.717) is 24.1 Å². The second kappa shape index (κ2) is 7.88. The number of aromatic nitrogens is 1. The molecule has 0 spiro atoms. The van der Waals surface area contributed by atoms with E-state index in [0.717, 1.165) is 30.8 Å². The normalized spacial score (nSPS) is 16.6. The molecule has 1 aromatic carbocycles. The number of carbonyl (C=O) groups is 1. The van der Waals surface area contributed by atoms with E-state index >= 15 is 0 Å². The number of ether oxygens (including phenoxy) is 2. The van der Waals surface area contributed by atoms with Crippen LogP contribution in [-0.2, 0) is 6.54 Å². The molecule has 0 saturated carbocycles. The lowest BCUT2D eigenvalue weighted by molar-refractivity contribution is 0.207. The highest BCUT2D eigenvalue weighted by atomic mass is 16.5. The van der Waals surface area contributed by atoms with Gasteiger partial charge in [-0.15, -0.1) is 0 Å². The molecule has 1 fully saturated rings. The molecule has 25 heavy (non-hydrogen) atoms. The van der Waals surface area contributed by atoms with Crippen molar-refractivity contribution in [2.45, 2.75) is 19.9 Å². The fraction of sp³-hybridized carbons (Fsp3) is 0.368. The average molecular weight is 341 g/mol. The first kappa shape index (κ1) is 17.1. The minimum absolute atomic E-state index is 0.0129. The summed E-state index contributed by atoms with van der Waals surface area (Å²) in [4.78, 5) is 18.2. The van der Waals surface area contributed by atoms with Crippen LogP contribution in [0.3, 0.4) is 0 Å². The first-order valence-corrected chi connectivity index (χ1v) is 8.43. The van der Waals surface area contributed by atoms with Crippen LogP contribution in [0.4, 0.5) is 4.79 Å². The summed E-state index contributed by atoms with van der Waals surface area (Å²) in [5.41, 5.74) is 0.929. The third-order valence-electron chi connectivity index (χ3n) is 4.22. The first-order valence-electron chi connectivity index (χ1n) is 8.43. The van der Waals surface area contributed by atoms with Crippen LogP contribution in [0.5, 0.6) is 17.4 Å². The highest BCUT2D eigenvalue weighted by Gasteiger charge is 2.22. The van der Waals surface area contributed by atoms with E-state index in [1.165, 1.54) is 0 Å². The molecule has 0 radical (unpaired) electrons. The van der Waals surface area contributed by atoms with Crippen LogP contribution >= 0.6 is 0 Å². The Morgan fingerprint density at radius 2 is 2.16 bits per heavy atom. The summed E-state index contributed by atoms with van der Waals surface area (Å²) in [6.07, 6.45) is 2.79. The summed E-state index contributed by atoms with van der Waals surface area (Å²) >= 11 is 0. The maximum absolute atomic E-state index is 12.1. The molecule has 1 atom stereocenters. The standard InChI is InChI=1S/C19H23N3O3/c1-14-8-9-22(13-14)19(23)21-12-15-6-7-18(20-11-15)25-17-5-3-4-16(10-17)24-2/h3-7,10-11,14H,8-9,12-13H2,1-2H3,(H,21,23)/t14-/m0/s1. The zero-order valence-corrected chi connectivity index (χ0v) is 14.6. The summed E-state index contributed by atoms with van der Waals surface area (Å²) in [5, 5.41) is 2.94. The Balaban J connectivity index is 1.52. The van der Waals surface area contributed by atoms with Gasteiger partial charge < -0.3 is 19.7 Å². The summed E-state index contributed by atoms with van der Waals surface area (Å²) < 4.78 is 10.9. The number of carbonyl (C=O) groups excluding carboxylic acids is 1. The number of nitrogens with one attached hydrogen (secondary N) is 1. The zero-order chi connectivity index (χ0) is 17.6. The number of likely N-dealkylation sites (tertiary alicyclic amines) is 1. The third kappa shape index (κ3) is 4.62. The van der Waals surface area contributed by atoms with E-state index in [9.17, 15) is 4.79 Å². The quantitative estimate of drug-likeness (QED) is 0.905. The predicted octanol–water partition coefficient (Wildman–Crippen LogP) is 3.43. The number of urea groups is 1. The minimum Gasteiger partial charge on any atom is -0.497 e. The largest absolute Gasteiger partial charge is 0.497 e. The molecule has 0 aliphatic carbocycles. The van der Waals surface area contributed by atoms with E-state index in [-0.39, 0.29) is 6.03 Å². The Kier molecular flexibility index (Phi) is 5.38. The van der Waals surface area contributed by atoms with Crippen LogP contribution in [0.2, 0.25) is 0 Å². The van der Waals surface area contributed by atoms with Gasteiger partial charge >= 0.3 is 6.03 Å². The van der Waals surface area contributed by atoms with Gasteiger partial charge in [-0.1, -0.05) is 19.1 Å². The van der Waals surface area contributed by atoms with Gasteiger partial charge in [0.05, 0.1) is 7.11 Å². The number of methoxy groups -OCH3 is 1. The molecule has 0 bridgehead atoms. The topological polar surface area (TPSA) is 63.7 Å². The average Bonchev–Trinajstić information content (AvgIpc) is 3.07. The molecule has 6 nitrogen and oxygen atoms in total. The number of amides is 2. The van der Waals surface area contributed by atoms with E-state index in [2.05, 4.69) is 17.2 Å². The molecule has 2 aromatic rings. The maximum atomic E-state index is 12.1. The molecule has 1 aromatic heterocycles. The van der Waals surface area contributed by atoms with Gasteiger partial charge in [-0.05, 0) is 30.0 Å². The van der Waals surface area contributed by atoms with Crippen molar-refractivity contribution >= 4 is 6.03 Å². The number of hydrogen-bond donors (Lipinski definition) is 1. The van der Waals surface area contributed by atoms with Crippen LogP contribution in [0, 0.1) is 5.92 Å². The van der Waals surface area contributed by atoms with E-state index in [1.807, 2.05) is 29.2 Å². The van der Waals surface area contributed by atoms with Crippen LogP contribution in [0.25, 0.3) is 0 Å². The van der Waals surface area contributed by atoms with Gasteiger partial charge in [-0.2, -0.15) is 0 Å². The molecule has 2 amide bonds. The molecule has 1 aliphatic heterocycles.